The van der Waals surface area contributed by atoms with Gasteiger partial charge in [-0.2, -0.15) is 0 Å². The molecule has 0 atom stereocenters. The van der Waals surface area contributed by atoms with Gasteiger partial charge < -0.3 is 0 Å². The lowest BCUT2D eigenvalue weighted by molar-refractivity contribution is 0.103. The molecule has 0 amide bonds. The van der Waals surface area contributed by atoms with Crippen molar-refractivity contribution in [1.29, 1.82) is 0 Å². The molecule has 0 saturated carbocycles. The number of hydrogen-bond donors (Lipinski definition) is 0. The Morgan fingerprint density at radius 1 is 0.889 bits per heavy atom. The third-order valence-electron chi connectivity index (χ3n) is 2.35. The first-order chi connectivity index (χ1) is 8.49. The van der Waals surface area contributed by atoms with Crippen LogP contribution in [0.5, 0.6) is 0 Å². The molecule has 1 nitrogen and oxygen atoms in total. The minimum absolute atomic E-state index is 0.106. The van der Waals surface area contributed by atoms with Crippen molar-refractivity contribution in [3.8, 4) is 0 Å². The van der Waals surface area contributed by atoms with Gasteiger partial charge in [-0.05, 0) is 36.4 Å². The van der Waals surface area contributed by atoms with E-state index < -0.39 is 23.2 Å². The highest BCUT2D eigenvalue weighted by Crippen LogP contribution is 2.20. The van der Waals surface area contributed by atoms with Crippen molar-refractivity contribution in [3.63, 3.8) is 0 Å². The maximum atomic E-state index is 13.5. The summed E-state index contributed by atoms with van der Waals surface area (Å²) >= 11 is 3.11. The molecule has 0 spiro atoms. The molecule has 2 aromatic rings. The molecule has 0 aliphatic rings. The largest absolute Gasteiger partial charge is 0.288 e. The summed E-state index contributed by atoms with van der Waals surface area (Å²) in [5.74, 6) is -3.61. The Morgan fingerprint density at radius 2 is 1.56 bits per heavy atom. The van der Waals surface area contributed by atoms with Crippen LogP contribution < -0.4 is 0 Å². The van der Waals surface area contributed by atoms with Crippen LogP contribution in [0.3, 0.4) is 0 Å². The van der Waals surface area contributed by atoms with E-state index in [2.05, 4.69) is 15.9 Å². The minimum Gasteiger partial charge on any atom is -0.288 e. The van der Waals surface area contributed by atoms with E-state index in [1.807, 2.05) is 0 Å². The molecule has 5 heteroatoms. The predicted molar refractivity (Wildman–Crippen MR) is 63.9 cm³/mol. The number of hydrogen-bond acceptors (Lipinski definition) is 1. The Balaban J connectivity index is 2.47. The van der Waals surface area contributed by atoms with Gasteiger partial charge in [0.1, 0.15) is 5.82 Å². The van der Waals surface area contributed by atoms with Crippen molar-refractivity contribution in [1.82, 2.24) is 0 Å². The first kappa shape index (κ1) is 12.8. The zero-order valence-corrected chi connectivity index (χ0v) is 10.5. The van der Waals surface area contributed by atoms with Gasteiger partial charge in [0.05, 0.1) is 5.56 Å². The molecule has 0 bridgehead atoms. The van der Waals surface area contributed by atoms with Crippen molar-refractivity contribution >= 4 is 21.7 Å². The highest BCUT2D eigenvalue weighted by molar-refractivity contribution is 9.10. The summed E-state index contributed by atoms with van der Waals surface area (Å²) in [6, 6.07) is 6.55. The van der Waals surface area contributed by atoms with E-state index in [0.717, 1.165) is 24.3 Å². The number of carbonyl (C=O) groups is 1. The second-order valence-corrected chi connectivity index (χ2v) is 4.50. The molecule has 2 aromatic carbocycles. The quantitative estimate of drug-likeness (QED) is 0.763. The van der Waals surface area contributed by atoms with Crippen molar-refractivity contribution in [2.75, 3.05) is 0 Å². The fraction of sp³-hybridized carbons (Fsp3) is 0. The molecule has 0 saturated heterocycles. The van der Waals surface area contributed by atoms with Gasteiger partial charge in [-0.15, -0.1) is 0 Å². The summed E-state index contributed by atoms with van der Waals surface area (Å²) in [5.41, 5.74) is -0.304. The summed E-state index contributed by atoms with van der Waals surface area (Å²) in [6.07, 6.45) is 0. The first-order valence-electron chi connectivity index (χ1n) is 4.94. The van der Waals surface area contributed by atoms with Crippen LogP contribution >= 0.6 is 15.9 Å². The molecular formula is C13H6BrF3O. The Bertz CT molecular complexity index is 626. The fourth-order valence-electron chi connectivity index (χ4n) is 1.46. The van der Waals surface area contributed by atoms with Crippen LogP contribution in [0.1, 0.15) is 15.9 Å². The maximum absolute atomic E-state index is 13.5. The molecule has 0 fully saturated rings. The van der Waals surface area contributed by atoms with Gasteiger partial charge in [0, 0.05) is 10.0 Å². The first-order valence-corrected chi connectivity index (χ1v) is 5.73. The SMILES string of the molecule is O=C(c1ccc(F)c(F)c1)c1cc(Br)ccc1F. The number of ketones is 1. The van der Waals surface area contributed by atoms with Crippen molar-refractivity contribution < 1.29 is 18.0 Å². The Kier molecular flexibility index (Phi) is 3.52. The van der Waals surface area contributed by atoms with Gasteiger partial charge in [0.15, 0.2) is 17.4 Å². The normalized spacial score (nSPS) is 10.4. The van der Waals surface area contributed by atoms with Crippen LogP contribution in [0.2, 0.25) is 0 Å². The summed E-state index contributed by atoms with van der Waals surface area (Å²) in [6.45, 7) is 0. The molecule has 92 valence electrons. The van der Waals surface area contributed by atoms with Gasteiger partial charge in [-0.25, -0.2) is 13.2 Å². The topological polar surface area (TPSA) is 17.1 Å². The monoisotopic (exact) mass is 314 g/mol. The Hall–Kier alpha value is -1.62. The van der Waals surface area contributed by atoms with Gasteiger partial charge in [-0.3, -0.25) is 4.79 Å². The number of halogens is 4. The van der Waals surface area contributed by atoms with E-state index in [9.17, 15) is 18.0 Å². The highest BCUT2D eigenvalue weighted by Gasteiger charge is 2.16. The lowest BCUT2D eigenvalue weighted by Crippen LogP contribution is -2.05. The predicted octanol–water partition coefficient (Wildman–Crippen LogP) is 4.10. The summed E-state index contributed by atoms with van der Waals surface area (Å²) in [5, 5.41) is 0. The molecule has 0 aliphatic heterocycles. The Morgan fingerprint density at radius 3 is 2.22 bits per heavy atom. The lowest BCUT2D eigenvalue weighted by Gasteiger charge is -2.04. The molecule has 0 heterocycles. The zero-order chi connectivity index (χ0) is 13.3. The molecule has 0 aromatic heterocycles. The van der Waals surface area contributed by atoms with Crippen LogP contribution in [-0.2, 0) is 0 Å². The van der Waals surface area contributed by atoms with Gasteiger partial charge in [-0.1, -0.05) is 15.9 Å². The van der Waals surface area contributed by atoms with Crippen LogP contribution in [-0.4, -0.2) is 5.78 Å². The third kappa shape index (κ3) is 2.46. The van der Waals surface area contributed by atoms with E-state index in [1.54, 1.807) is 0 Å². The average Bonchev–Trinajstić information content (AvgIpc) is 2.35. The average molecular weight is 315 g/mol. The summed E-state index contributed by atoms with van der Waals surface area (Å²) in [4.78, 5) is 11.9. The van der Waals surface area contributed by atoms with Gasteiger partial charge in [0.2, 0.25) is 0 Å². The molecule has 0 radical (unpaired) electrons. The number of carbonyl (C=O) groups excluding carboxylic acids is 1. The second kappa shape index (κ2) is 4.94. The van der Waals surface area contributed by atoms with E-state index in [4.69, 9.17) is 0 Å². The van der Waals surface area contributed by atoms with Crippen molar-refractivity contribution in [3.05, 3.63) is 69.4 Å². The van der Waals surface area contributed by atoms with Crippen molar-refractivity contribution in [2.24, 2.45) is 0 Å². The second-order valence-electron chi connectivity index (χ2n) is 3.58. The van der Waals surface area contributed by atoms with E-state index in [-0.39, 0.29) is 11.1 Å². The minimum atomic E-state index is -1.14. The highest BCUT2D eigenvalue weighted by atomic mass is 79.9. The maximum Gasteiger partial charge on any atom is 0.196 e. The van der Waals surface area contributed by atoms with Crippen molar-refractivity contribution in [2.45, 2.75) is 0 Å². The smallest absolute Gasteiger partial charge is 0.196 e. The van der Waals surface area contributed by atoms with Gasteiger partial charge >= 0.3 is 0 Å². The van der Waals surface area contributed by atoms with Crippen LogP contribution in [0.4, 0.5) is 13.2 Å². The van der Waals surface area contributed by atoms with E-state index in [0.29, 0.717) is 4.47 Å². The summed E-state index contributed by atoms with van der Waals surface area (Å²) < 4.78 is 39.7. The van der Waals surface area contributed by atoms with Crippen LogP contribution in [0.15, 0.2) is 40.9 Å². The van der Waals surface area contributed by atoms with Crippen LogP contribution in [0, 0.1) is 17.5 Å². The van der Waals surface area contributed by atoms with E-state index in [1.165, 1.54) is 12.1 Å². The van der Waals surface area contributed by atoms with Crippen LogP contribution in [0.25, 0.3) is 0 Å². The summed E-state index contributed by atoms with van der Waals surface area (Å²) in [7, 11) is 0. The Labute approximate surface area is 109 Å². The van der Waals surface area contributed by atoms with Gasteiger partial charge in [0.25, 0.3) is 0 Å². The third-order valence-corrected chi connectivity index (χ3v) is 2.85. The molecule has 2 rings (SSSR count). The standard InChI is InChI=1S/C13H6BrF3O/c14-8-2-4-10(15)9(6-8)13(18)7-1-3-11(16)12(17)5-7/h1-6H. The number of benzene rings is 2. The number of rotatable bonds is 2. The fourth-order valence-corrected chi connectivity index (χ4v) is 1.83. The molecule has 0 aliphatic carbocycles. The zero-order valence-electron chi connectivity index (χ0n) is 8.88. The lowest BCUT2D eigenvalue weighted by atomic mass is 10.0. The molecule has 0 N–H and O–H groups in total. The van der Waals surface area contributed by atoms with E-state index >= 15 is 0 Å². The molecule has 0 unspecified atom stereocenters. The molecule has 18 heavy (non-hydrogen) atoms. The molecular weight excluding hydrogens is 309 g/mol.